The maximum atomic E-state index is 12.2. The third-order valence-corrected chi connectivity index (χ3v) is 3.07. The Morgan fingerprint density at radius 3 is 1.88 bits per heavy atom. The van der Waals surface area contributed by atoms with Crippen LogP contribution in [0, 0.1) is 0 Å². The van der Waals surface area contributed by atoms with E-state index in [2.05, 4.69) is 0 Å². The zero-order valence-electron chi connectivity index (χ0n) is 13.3. The summed E-state index contributed by atoms with van der Waals surface area (Å²) in [5, 5.41) is 7.42. The van der Waals surface area contributed by atoms with Crippen LogP contribution in [0.15, 0.2) is 54.6 Å². The Hall–Kier alpha value is -2.99. The topological polar surface area (TPSA) is 123 Å². The molecule has 0 fully saturated rings. The molecule has 0 radical (unpaired) electrons. The second-order valence-electron chi connectivity index (χ2n) is 5.12. The van der Waals surface area contributed by atoms with Crippen molar-refractivity contribution in [1.82, 2.24) is 0 Å². The Labute approximate surface area is 140 Å². The summed E-state index contributed by atoms with van der Waals surface area (Å²) in [6.07, 6.45) is 0.370. The number of primary amides is 1. The van der Waals surface area contributed by atoms with Crippen LogP contribution in [0.1, 0.15) is 28.4 Å². The van der Waals surface area contributed by atoms with Gasteiger partial charge in [0.2, 0.25) is 5.91 Å². The maximum Gasteiger partial charge on any atom is 0.300 e. The zero-order chi connectivity index (χ0) is 18.1. The van der Waals surface area contributed by atoms with Gasteiger partial charge < -0.3 is 16.6 Å². The smallest absolute Gasteiger partial charge is 0.300 e. The van der Waals surface area contributed by atoms with Crippen LogP contribution in [0.4, 0.5) is 0 Å². The van der Waals surface area contributed by atoms with Crippen LogP contribution in [0.2, 0.25) is 0 Å². The van der Waals surface area contributed by atoms with Gasteiger partial charge in [0.25, 0.3) is 5.97 Å². The van der Waals surface area contributed by atoms with E-state index in [4.69, 9.17) is 21.4 Å². The number of carboxylic acid groups (broad SMARTS) is 1. The first-order valence-corrected chi connectivity index (χ1v) is 7.24. The predicted molar refractivity (Wildman–Crippen MR) is 90.5 cm³/mol. The third-order valence-electron chi connectivity index (χ3n) is 3.07. The first kappa shape index (κ1) is 19.1. The van der Waals surface area contributed by atoms with E-state index in [1.165, 1.54) is 0 Å². The van der Waals surface area contributed by atoms with E-state index < -0.39 is 17.9 Å². The van der Waals surface area contributed by atoms with Gasteiger partial charge in [0.1, 0.15) is 0 Å². The predicted octanol–water partition coefficient (Wildman–Crippen LogP) is 1.36. The summed E-state index contributed by atoms with van der Waals surface area (Å²) < 4.78 is 0. The van der Waals surface area contributed by atoms with Crippen LogP contribution in [0.25, 0.3) is 0 Å². The molecule has 2 aromatic carbocycles. The molecule has 1 amide bonds. The van der Waals surface area contributed by atoms with Crippen LogP contribution in [-0.4, -0.2) is 28.8 Å². The van der Waals surface area contributed by atoms with Crippen LogP contribution in [0.3, 0.4) is 0 Å². The van der Waals surface area contributed by atoms with Gasteiger partial charge in [0, 0.05) is 18.1 Å². The van der Waals surface area contributed by atoms with Crippen molar-refractivity contribution in [2.45, 2.75) is 19.4 Å². The molecule has 0 saturated carbocycles. The lowest BCUT2D eigenvalue weighted by Crippen LogP contribution is -2.38. The minimum absolute atomic E-state index is 0.0312. The Balaban J connectivity index is 0.000000648. The van der Waals surface area contributed by atoms with Crippen molar-refractivity contribution in [3.05, 3.63) is 71.3 Å². The van der Waals surface area contributed by atoms with Crippen LogP contribution >= 0.6 is 0 Å². The molecule has 0 aliphatic rings. The quantitative estimate of drug-likeness (QED) is 0.715. The number of carbonyl (C=O) groups is 3. The monoisotopic (exact) mass is 328 g/mol. The number of hydrogen-bond donors (Lipinski definition) is 3. The molecule has 2 aromatic rings. The fraction of sp³-hybridized carbons (Fsp3) is 0.167. The van der Waals surface area contributed by atoms with Crippen molar-refractivity contribution >= 4 is 17.7 Å². The molecule has 0 unspecified atom stereocenters. The Bertz CT molecular complexity index is 693. The van der Waals surface area contributed by atoms with Gasteiger partial charge in [-0.25, -0.2) is 0 Å². The van der Waals surface area contributed by atoms with E-state index in [0.717, 1.165) is 12.5 Å². The Kier molecular flexibility index (Phi) is 7.32. The van der Waals surface area contributed by atoms with Crippen molar-refractivity contribution in [3.63, 3.8) is 0 Å². The summed E-state index contributed by atoms with van der Waals surface area (Å²) in [6, 6.07) is 15.4. The molecule has 0 bridgehead atoms. The first-order valence-electron chi connectivity index (χ1n) is 7.24. The molecule has 0 heterocycles. The second kappa shape index (κ2) is 9.22. The number of benzene rings is 2. The van der Waals surface area contributed by atoms with Crippen molar-refractivity contribution in [2.75, 3.05) is 0 Å². The molecule has 6 heteroatoms. The van der Waals surface area contributed by atoms with E-state index in [0.29, 0.717) is 17.5 Å². The highest BCUT2D eigenvalue weighted by Crippen LogP contribution is 2.12. The molecular weight excluding hydrogens is 308 g/mol. The molecule has 2 rings (SSSR count). The molecule has 0 aliphatic carbocycles. The van der Waals surface area contributed by atoms with E-state index in [1.54, 1.807) is 36.4 Å². The maximum absolute atomic E-state index is 12.2. The highest BCUT2D eigenvalue weighted by molar-refractivity contribution is 6.08. The molecule has 6 nitrogen and oxygen atoms in total. The number of ketones is 1. The minimum atomic E-state index is -0.833. The van der Waals surface area contributed by atoms with Gasteiger partial charge in [-0.2, -0.15) is 0 Å². The minimum Gasteiger partial charge on any atom is -0.481 e. The fourth-order valence-corrected chi connectivity index (χ4v) is 1.90. The van der Waals surface area contributed by atoms with Gasteiger partial charge >= 0.3 is 0 Å². The molecule has 126 valence electrons. The van der Waals surface area contributed by atoms with E-state index in [-0.39, 0.29) is 5.78 Å². The van der Waals surface area contributed by atoms with Gasteiger partial charge in [-0.05, 0) is 12.0 Å². The summed E-state index contributed by atoms with van der Waals surface area (Å²) in [7, 11) is 0. The Morgan fingerprint density at radius 1 is 0.958 bits per heavy atom. The summed E-state index contributed by atoms with van der Waals surface area (Å²) >= 11 is 0. The molecule has 0 aromatic heterocycles. The molecule has 0 spiro atoms. The average molecular weight is 328 g/mol. The van der Waals surface area contributed by atoms with Crippen LogP contribution in [0.5, 0.6) is 0 Å². The van der Waals surface area contributed by atoms with Crippen LogP contribution in [-0.2, 0) is 16.0 Å². The number of rotatable bonds is 5. The largest absolute Gasteiger partial charge is 0.481 e. The first-order chi connectivity index (χ1) is 11.3. The molecule has 0 saturated heterocycles. The lowest BCUT2D eigenvalue weighted by molar-refractivity contribution is -0.134. The van der Waals surface area contributed by atoms with Crippen molar-refractivity contribution < 1.29 is 19.5 Å². The van der Waals surface area contributed by atoms with Crippen molar-refractivity contribution in [3.8, 4) is 0 Å². The number of aliphatic carboxylic acids is 1. The van der Waals surface area contributed by atoms with Gasteiger partial charge in [-0.1, -0.05) is 54.6 Å². The summed E-state index contributed by atoms with van der Waals surface area (Å²) in [4.78, 5) is 32.1. The summed E-state index contributed by atoms with van der Waals surface area (Å²) in [5.74, 6) is -1.40. The van der Waals surface area contributed by atoms with Crippen LogP contribution < -0.4 is 11.5 Å². The number of carboxylic acids is 1. The van der Waals surface area contributed by atoms with E-state index >= 15 is 0 Å². The molecular formula is C18H20N2O4. The van der Waals surface area contributed by atoms with Gasteiger partial charge in [-0.3, -0.25) is 14.4 Å². The fourth-order valence-electron chi connectivity index (χ4n) is 1.90. The molecule has 5 N–H and O–H groups in total. The summed E-state index contributed by atoms with van der Waals surface area (Å²) in [6.45, 7) is 1.08. The van der Waals surface area contributed by atoms with Gasteiger partial charge in [-0.15, -0.1) is 0 Å². The average Bonchev–Trinajstić information content (AvgIpc) is 2.55. The normalized spacial score (nSPS) is 10.9. The van der Waals surface area contributed by atoms with E-state index in [1.807, 2.05) is 18.2 Å². The lowest BCUT2D eigenvalue weighted by Gasteiger charge is -2.08. The number of hydrogen-bond acceptors (Lipinski definition) is 4. The molecule has 0 aliphatic heterocycles. The number of carbonyl (C=O) groups excluding carboxylic acids is 2. The SMILES string of the molecule is CC(=O)O.NC(=O)[C@@H](N)Cc1ccc(C(=O)c2ccccc2)cc1. The standard InChI is InChI=1S/C16H16N2O2.C2H4O2/c17-14(16(18)20)10-11-6-8-13(9-7-11)15(19)12-4-2-1-3-5-12;1-2(3)4/h1-9,14H,10,17H2,(H2,18,20);1H3,(H,3,4)/t14-;/m0./s1. The lowest BCUT2D eigenvalue weighted by atomic mass is 10.00. The van der Waals surface area contributed by atoms with Gasteiger partial charge in [0.15, 0.2) is 5.78 Å². The number of amides is 1. The summed E-state index contributed by atoms with van der Waals surface area (Å²) in [5.41, 5.74) is 12.8. The third kappa shape index (κ3) is 6.41. The molecule has 24 heavy (non-hydrogen) atoms. The van der Waals surface area contributed by atoms with E-state index in [9.17, 15) is 9.59 Å². The van der Waals surface area contributed by atoms with Gasteiger partial charge in [0.05, 0.1) is 6.04 Å². The highest BCUT2D eigenvalue weighted by atomic mass is 16.4. The number of nitrogens with two attached hydrogens (primary N) is 2. The highest BCUT2D eigenvalue weighted by Gasteiger charge is 2.11. The van der Waals surface area contributed by atoms with Crippen molar-refractivity contribution in [2.24, 2.45) is 11.5 Å². The molecule has 1 atom stereocenters. The van der Waals surface area contributed by atoms with Crippen molar-refractivity contribution in [1.29, 1.82) is 0 Å². The Morgan fingerprint density at radius 2 is 1.42 bits per heavy atom. The second-order valence-corrected chi connectivity index (χ2v) is 5.12. The zero-order valence-corrected chi connectivity index (χ0v) is 13.3.